The van der Waals surface area contributed by atoms with Gasteiger partial charge in [0, 0.05) is 63.3 Å². The molecule has 124 valence electrons. The van der Waals surface area contributed by atoms with Crippen molar-refractivity contribution in [2.45, 2.75) is 33.2 Å². The highest BCUT2D eigenvalue weighted by Crippen LogP contribution is 2.16. The molecule has 1 aliphatic rings. The van der Waals surface area contributed by atoms with E-state index in [2.05, 4.69) is 44.1 Å². The molecule has 0 radical (unpaired) electrons. The minimum Gasteiger partial charge on any atom is -0.355 e. The van der Waals surface area contributed by atoms with Gasteiger partial charge in [0.15, 0.2) is 0 Å². The second-order valence-electron chi connectivity index (χ2n) is 6.26. The van der Waals surface area contributed by atoms with Crippen LogP contribution in [0.4, 0.5) is 5.82 Å². The Kier molecular flexibility index (Phi) is 4.91. The van der Waals surface area contributed by atoms with Crippen LogP contribution >= 0.6 is 0 Å². The fraction of sp³-hybridized carbons (Fsp3) is 0.588. The molecule has 0 spiro atoms. The molecule has 6 heteroatoms. The molecular formula is C17H26N6. The minimum atomic E-state index is 0.871. The van der Waals surface area contributed by atoms with Crippen LogP contribution in [0.25, 0.3) is 0 Å². The Morgan fingerprint density at radius 2 is 2.00 bits per heavy atom. The third kappa shape index (κ3) is 4.07. The Morgan fingerprint density at radius 3 is 2.74 bits per heavy atom. The zero-order valence-corrected chi connectivity index (χ0v) is 14.4. The topological polar surface area (TPSA) is 50.1 Å². The van der Waals surface area contributed by atoms with Crippen molar-refractivity contribution in [1.82, 2.24) is 24.6 Å². The number of aromatic nitrogens is 4. The highest BCUT2D eigenvalue weighted by molar-refractivity contribution is 5.40. The van der Waals surface area contributed by atoms with Crippen LogP contribution < -0.4 is 4.90 Å². The van der Waals surface area contributed by atoms with E-state index < -0.39 is 0 Å². The van der Waals surface area contributed by atoms with E-state index in [-0.39, 0.29) is 0 Å². The summed E-state index contributed by atoms with van der Waals surface area (Å²) in [6.45, 7) is 9.35. The van der Waals surface area contributed by atoms with Crippen molar-refractivity contribution in [3.63, 3.8) is 0 Å². The van der Waals surface area contributed by atoms with Gasteiger partial charge in [0.25, 0.3) is 0 Å². The van der Waals surface area contributed by atoms with Gasteiger partial charge in [-0.15, -0.1) is 0 Å². The summed E-state index contributed by atoms with van der Waals surface area (Å²) in [6, 6.07) is 2.14. The molecular weight excluding hydrogens is 288 g/mol. The molecule has 0 aliphatic carbocycles. The fourth-order valence-corrected chi connectivity index (χ4v) is 3.13. The van der Waals surface area contributed by atoms with Crippen LogP contribution in [0.2, 0.25) is 0 Å². The predicted molar refractivity (Wildman–Crippen MR) is 91.5 cm³/mol. The molecule has 3 heterocycles. The van der Waals surface area contributed by atoms with E-state index >= 15 is 0 Å². The summed E-state index contributed by atoms with van der Waals surface area (Å²) in [7, 11) is 1.97. The van der Waals surface area contributed by atoms with Crippen LogP contribution in [0.1, 0.15) is 30.4 Å². The first-order valence-electron chi connectivity index (χ1n) is 8.43. The van der Waals surface area contributed by atoms with Gasteiger partial charge < -0.3 is 4.90 Å². The van der Waals surface area contributed by atoms with Crippen molar-refractivity contribution in [2.24, 2.45) is 7.05 Å². The average molecular weight is 314 g/mol. The van der Waals surface area contributed by atoms with E-state index in [1.165, 1.54) is 5.56 Å². The number of hydrogen-bond donors (Lipinski definition) is 0. The lowest BCUT2D eigenvalue weighted by atomic mass is 10.3. The lowest BCUT2D eigenvalue weighted by molar-refractivity contribution is 0.285. The number of hydrogen-bond acceptors (Lipinski definition) is 5. The molecule has 0 saturated carbocycles. The Hall–Kier alpha value is -1.95. The summed E-state index contributed by atoms with van der Waals surface area (Å²) < 4.78 is 1.87. The zero-order valence-electron chi connectivity index (χ0n) is 14.4. The van der Waals surface area contributed by atoms with Crippen LogP contribution in [0.15, 0.2) is 18.5 Å². The smallest absolute Gasteiger partial charge is 0.132 e. The normalized spacial score (nSPS) is 16.6. The van der Waals surface area contributed by atoms with Crippen molar-refractivity contribution in [3.05, 3.63) is 35.5 Å². The van der Waals surface area contributed by atoms with Crippen molar-refractivity contribution >= 4 is 5.82 Å². The van der Waals surface area contributed by atoms with E-state index in [1.54, 1.807) is 0 Å². The van der Waals surface area contributed by atoms with Crippen molar-refractivity contribution in [3.8, 4) is 0 Å². The predicted octanol–water partition coefficient (Wildman–Crippen LogP) is 1.79. The van der Waals surface area contributed by atoms with Gasteiger partial charge in [-0.05, 0) is 19.8 Å². The molecule has 1 fully saturated rings. The van der Waals surface area contributed by atoms with Crippen molar-refractivity contribution < 1.29 is 0 Å². The maximum Gasteiger partial charge on any atom is 0.132 e. The lowest BCUT2D eigenvalue weighted by Gasteiger charge is -2.23. The lowest BCUT2D eigenvalue weighted by Crippen LogP contribution is -2.31. The first-order valence-corrected chi connectivity index (χ1v) is 8.43. The highest BCUT2D eigenvalue weighted by atomic mass is 15.3. The third-order valence-corrected chi connectivity index (χ3v) is 4.32. The summed E-state index contributed by atoms with van der Waals surface area (Å²) in [6.07, 6.45) is 6.18. The maximum atomic E-state index is 4.64. The van der Waals surface area contributed by atoms with Crippen LogP contribution in [0.5, 0.6) is 0 Å². The molecule has 6 nitrogen and oxygen atoms in total. The van der Waals surface area contributed by atoms with Crippen LogP contribution in [-0.4, -0.2) is 50.8 Å². The number of nitrogens with zero attached hydrogens (tertiary/aromatic N) is 6. The fourth-order valence-electron chi connectivity index (χ4n) is 3.13. The summed E-state index contributed by atoms with van der Waals surface area (Å²) in [5.74, 6) is 1.95. The molecule has 0 bridgehead atoms. The minimum absolute atomic E-state index is 0.871. The van der Waals surface area contributed by atoms with E-state index in [1.807, 2.05) is 24.9 Å². The zero-order chi connectivity index (χ0) is 16.2. The van der Waals surface area contributed by atoms with E-state index in [0.717, 1.165) is 62.9 Å². The molecule has 2 aromatic rings. The Morgan fingerprint density at radius 1 is 1.13 bits per heavy atom. The van der Waals surface area contributed by atoms with Gasteiger partial charge in [-0.3, -0.25) is 9.58 Å². The van der Waals surface area contributed by atoms with Crippen molar-refractivity contribution in [1.29, 1.82) is 0 Å². The number of anilines is 1. The van der Waals surface area contributed by atoms with Gasteiger partial charge in [-0.1, -0.05) is 6.92 Å². The Bertz CT molecular complexity index is 650. The second-order valence-corrected chi connectivity index (χ2v) is 6.26. The first-order chi connectivity index (χ1) is 11.1. The molecule has 0 amide bonds. The van der Waals surface area contributed by atoms with Crippen molar-refractivity contribution in [2.75, 3.05) is 31.1 Å². The van der Waals surface area contributed by atoms with Gasteiger partial charge >= 0.3 is 0 Å². The summed E-state index contributed by atoms with van der Waals surface area (Å²) >= 11 is 0. The molecule has 23 heavy (non-hydrogen) atoms. The standard InChI is InChI=1S/C17H26N6/c1-4-16-10-17(20-14(2)19-16)23-7-5-6-22(8-9-23)13-15-11-18-21(3)12-15/h10-12H,4-9,13H2,1-3H3. The molecule has 0 aromatic carbocycles. The largest absolute Gasteiger partial charge is 0.355 e. The molecule has 0 atom stereocenters. The number of aryl methyl sites for hydroxylation is 3. The van der Waals surface area contributed by atoms with Gasteiger partial charge in [-0.25, -0.2) is 9.97 Å². The summed E-state index contributed by atoms with van der Waals surface area (Å²) in [4.78, 5) is 14.0. The summed E-state index contributed by atoms with van der Waals surface area (Å²) in [5, 5.41) is 4.26. The van der Waals surface area contributed by atoms with Gasteiger partial charge in [0.2, 0.25) is 0 Å². The Labute approximate surface area is 138 Å². The van der Waals surface area contributed by atoms with Gasteiger partial charge in [0.1, 0.15) is 11.6 Å². The quantitative estimate of drug-likeness (QED) is 0.861. The first kappa shape index (κ1) is 15.9. The van der Waals surface area contributed by atoms with E-state index in [0.29, 0.717) is 0 Å². The number of rotatable bonds is 4. The average Bonchev–Trinajstić information content (AvgIpc) is 2.80. The molecule has 1 saturated heterocycles. The van der Waals surface area contributed by atoms with E-state index in [9.17, 15) is 0 Å². The third-order valence-electron chi connectivity index (χ3n) is 4.32. The maximum absolute atomic E-state index is 4.64. The molecule has 0 unspecified atom stereocenters. The second kappa shape index (κ2) is 7.08. The van der Waals surface area contributed by atoms with Crippen LogP contribution in [0.3, 0.4) is 0 Å². The SMILES string of the molecule is CCc1cc(N2CCCN(Cc3cnn(C)c3)CC2)nc(C)n1. The van der Waals surface area contributed by atoms with Gasteiger partial charge in [0.05, 0.1) is 6.20 Å². The molecule has 3 rings (SSSR count). The van der Waals surface area contributed by atoms with Crippen LogP contribution in [0, 0.1) is 6.92 Å². The highest BCUT2D eigenvalue weighted by Gasteiger charge is 2.17. The Balaban J connectivity index is 1.65. The van der Waals surface area contributed by atoms with E-state index in [4.69, 9.17) is 0 Å². The summed E-state index contributed by atoms with van der Waals surface area (Å²) in [5.41, 5.74) is 2.41. The molecule has 2 aromatic heterocycles. The van der Waals surface area contributed by atoms with Crippen LogP contribution in [-0.2, 0) is 20.0 Å². The monoisotopic (exact) mass is 314 g/mol. The molecule has 1 aliphatic heterocycles. The van der Waals surface area contributed by atoms with Gasteiger partial charge in [-0.2, -0.15) is 5.10 Å². The molecule has 0 N–H and O–H groups in total.